The molecule has 0 aromatic carbocycles. The molecule has 0 aliphatic carbocycles. The molecule has 0 saturated carbocycles. The van der Waals surface area contributed by atoms with Gasteiger partial charge in [-0.25, -0.2) is 4.79 Å². The number of aliphatic carboxylic acids is 1. The number of thiophene rings is 2. The van der Waals surface area contributed by atoms with Gasteiger partial charge in [-0.15, -0.1) is 22.7 Å². The monoisotopic (exact) mass is 280 g/mol. The van der Waals surface area contributed by atoms with Crippen molar-refractivity contribution in [2.24, 2.45) is 0 Å². The maximum Gasteiger partial charge on any atom is 0.371 e. The number of carbonyl (C=O) groups excluding carboxylic acids is 1. The summed E-state index contributed by atoms with van der Waals surface area (Å²) < 4.78 is 0. The quantitative estimate of drug-likeness (QED) is 0.512. The predicted octanol–water partition coefficient (Wildman–Crippen LogP) is 3.19. The van der Waals surface area contributed by atoms with Gasteiger partial charge in [-0.05, 0) is 23.6 Å². The number of hydrogen-bond donors (Lipinski definition) is 2. The molecule has 2 heterocycles. The Hall–Kier alpha value is -1.92. The van der Waals surface area contributed by atoms with Gasteiger partial charge in [-0.3, -0.25) is 4.79 Å². The highest BCUT2D eigenvalue weighted by Gasteiger charge is 2.12. The van der Waals surface area contributed by atoms with E-state index < -0.39 is 17.5 Å². The lowest BCUT2D eigenvalue weighted by Gasteiger charge is -1.91. The van der Waals surface area contributed by atoms with E-state index in [1.54, 1.807) is 23.5 Å². The molecule has 6 heteroatoms. The number of hydrogen-bond acceptors (Lipinski definition) is 5. The van der Waals surface area contributed by atoms with Crippen molar-refractivity contribution in [2.45, 2.75) is 0 Å². The van der Waals surface area contributed by atoms with Gasteiger partial charge >= 0.3 is 5.97 Å². The fourth-order valence-corrected chi connectivity index (χ4v) is 3.03. The Morgan fingerprint density at radius 2 is 1.89 bits per heavy atom. The van der Waals surface area contributed by atoms with Crippen molar-refractivity contribution in [2.75, 3.05) is 0 Å². The van der Waals surface area contributed by atoms with Crippen LogP contribution in [-0.2, 0) is 4.79 Å². The molecule has 0 fully saturated rings. The molecule has 0 unspecified atom stereocenters. The molecule has 2 aromatic rings. The third-order valence-electron chi connectivity index (χ3n) is 2.10. The molecule has 2 rings (SSSR count). The molecule has 0 spiro atoms. The Morgan fingerprint density at radius 1 is 1.11 bits per heavy atom. The first-order valence-corrected chi connectivity index (χ1v) is 6.59. The van der Waals surface area contributed by atoms with Crippen LogP contribution >= 0.6 is 22.7 Å². The molecular weight excluding hydrogens is 272 g/mol. The Bertz CT molecular complexity index is 608. The van der Waals surface area contributed by atoms with E-state index in [2.05, 4.69) is 0 Å². The van der Waals surface area contributed by atoms with Crippen LogP contribution in [0.25, 0.3) is 9.75 Å². The highest BCUT2D eigenvalue weighted by molar-refractivity contribution is 7.22. The number of rotatable bonds is 4. The van der Waals surface area contributed by atoms with E-state index in [4.69, 9.17) is 10.2 Å². The van der Waals surface area contributed by atoms with Crippen molar-refractivity contribution in [3.63, 3.8) is 0 Å². The number of carboxylic acid groups (broad SMARTS) is 1. The van der Waals surface area contributed by atoms with Crippen LogP contribution in [0, 0.1) is 0 Å². The topological polar surface area (TPSA) is 74.6 Å². The molecule has 2 N–H and O–H groups in total. The van der Waals surface area contributed by atoms with Crippen LogP contribution in [0.3, 0.4) is 0 Å². The van der Waals surface area contributed by atoms with E-state index in [0.29, 0.717) is 11.0 Å². The zero-order valence-electron chi connectivity index (χ0n) is 8.99. The van der Waals surface area contributed by atoms with Crippen LogP contribution in [0.2, 0.25) is 0 Å². The number of carboxylic acids is 1. The van der Waals surface area contributed by atoms with Crippen LogP contribution in [0.4, 0.5) is 0 Å². The molecule has 0 saturated heterocycles. The van der Waals surface area contributed by atoms with Gasteiger partial charge in [0.15, 0.2) is 5.78 Å². The van der Waals surface area contributed by atoms with Gasteiger partial charge in [0.2, 0.25) is 5.76 Å². The van der Waals surface area contributed by atoms with Crippen LogP contribution < -0.4 is 0 Å². The smallest absolute Gasteiger partial charge is 0.371 e. The molecule has 18 heavy (non-hydrogen) atoms. The Labute approximate surface area is 110 Å². The summed E-state index contributed by atoms with van der Waals surface area (Å²) in [6.45, 7) is 0. The van der Waals surface area contributed by atoms with Crippen molar-refractivity contribution < 1.29 is 19.8 Å². The lowest BCUT2D eigenvalue weighted by Crippen LogP contribution is -2.02. The van der Waals surface area contributed by atoms with E-state index >= 15 is 0 Å². The zero-order valence-corrected chi connectivity index (χ0v) is 10.6. The van der Waals surface area contributed by atoms with Crippen molar-refractivity contribution in [3.05, 3.63) is 46.4 Å². The molecular formula is C12H8O4S2. The molecule has 4 nitrogen and oxygen atoms in total. The number of aliphatic hydroxyl groups is 1. The average Bonchev–Trinajstić information content (AvgIpc) is 2.99. The first-order valence-electron chi connectivity index (χ1n) is 4.90. The zero-order chi connectivity index (χ0) is 13.1. The van der Waals surface area contributed by atoms with Gasteiger partial charge in [-0.1, -0.05) is 6.07 Å². The second-order valence-electron chi connectivity index (χ2n) is 3.34. The van der Waals surface area contributed by atoms with Crippen molar-refractivity contribution in [1.29, 1.82) is 0 Å². The van der Waals surface area contributed by atoms with Gasteiger partial charge in [0.1, 0.15) is 0 Å². The summed E-state index contributed by atoms with van der Waals surface area (Å²) in [6.07, 6.45) is 0.715. The summed E-state index contributed by atoms with van der Waals surface area (Å²) in [5.41, 5.74) is 0. The Balaban J connectivity index is 2.23. The number of allylic oxidation sites excluding steroid dienone is 1. The minimum atomic E-state index is -1.52. The summed E-state index contributed by atoms with van der Waals surface area (Å²) in [6, 6.07) is 7.27. The molecule has 92 valence electrons. The summed E-state index contributed by atoms with van der Waals surface area (Å²) >= 11 is 2.82. The van der Waals surface area contributed by atoms with E-state index in [1.807, 2.05) is 17.5 Å². The van der Waals surface area contributed by atoms with Crippen LogP contribution in [0.15, 0.2) is 41.5 Å². The molecule has 2 aromatic heterocycles. The lowest BCUT2D eigenvalue weighted by atomic mass is 10.2. The lowest BCUT2D eigenvalue weighted by molar-refractivity contribution is -0.135. The summed E-state index contributed by atoms with van der Waals surface area (Å²) in [4.78, 5) is 24.4. The van der Waals surface area contributed by atoms with E-state index in [1.165, 1.54) is 11.3 Å². The summed E-state index contributed by atoms with van der Waals surface area (Å²) in [5.74, 6) is -2.98. The van der Waals surface area contributed by atoms with E-state index in [0.717, 1.165) is 9.75 Å². The molecule has 0 aliphatic heterocycles. The van der Waals surface area contributed by atoms with Gasteiger partial charge in [0.25, 0.3) is 0 Å². The van der Waals surface area contributed by atoms with Crippen molar-refractivity contribution in [1.82, 2.24) is 0 Å². The summed E-state index contributed by atoms with van der Waals surface area (Å²) in [5, 5.41) is 19.4. The number of ketones is 1. The van der Waals surface area contributed by atoms with E-state index in [9.17, 15) is 9.59 Å². The minimum absolute atomic E-state index is 0.395. The standard InChI is InChI=1S/C12H8O4S2/c13-7(6-8(14)12(15)16)9-3-4-11(18-9)10-2-1-5-17-10/h1-6,14H,(H,15,16). The SMILES string of the molecule is O=C(O)C(O)=CC(=O)c1ccc(-c2cccs2)s1. The maximum atomic E-state index is 11.7. The fourth-order valence-electron chi connectivity index (χ4n) is 1.28. The molecule has 0 bridgehead atoms. The van der Waals surface area contributed by atoms with Crippen LogP contribution in [0.1, 0.15) is 9.67 Å². The van der Waals surface area contributed by atoms with Gasteiger partial charge < -0.3 is 10.2 Å². The van der Waals surface area contributed by atoms with Gasteiger partial charge in [0, 0.05) is 15.8 Å². The van der Waals surface area contributed by atoms with Crippen LogP contribution in [0.5, 0.6) is 0 Å². The first-order chi connectivity index (χ1) is 8.58. The molecule has 0 amide bonds. The van der Waals surface area contributed by atoms with E-state index in [-0.39, 0.29) is 0 Å². The number of aliphatic hydroxyl groups excluding tert-OH is 1. The molecule has 0 atom stereocenters. The van der Waals surface area contributed by atoms with Crippen molar-refractivity contribution >= 4 is 34.4 Å². The third-order valence-corrected chi connectivity index (χ3v) is 4.27. The van der Waals surface area contributed by atoms with Gasteiger partial charge in [-0.2, -0.15) is 0 Å². The predicted molar refractivity (Wildman–Crippen MR) is 70.3 cm³/mol. The summed E-state index contributed by atoms with van der Waals surface area (Å²) in [7, 11) is 0. The number of carbonyl (C=O) groups is 2. The van der Waals surface area contributed by atoms with Gasteiger partial charge in [0.05, 0.1) is 4.88 Å². The second-order valence-corrected chi connectivity index (χ2v) is 5.37. The highest BCUT2D eigenvalue weighted by Crippen LogP contribution is 2.31. The Kier molecular flexibility index (Phi) is 3.59. The maximum absolute atomic E-state index is 11.7. The normalized spacial score (nSPS) is 11.4. The minimum Gasteiger partial charge on any atom is -0.502 e. The first kappa shape index (κ1) is 12.5. The average molecular weight is 280 g/mol. The molecule has 0 aliphatic rings. The largest absolute Gasteiger partial charge is 0.502 e. The van der Waals surface area contributed by atoms with Crippen LogP contribution in [-0.4, -0.2) is 22.0 Å². The fraction of sp³-hybridized carbons (Fsp3) is 0. The highest BCUT2D eigenvalue weighted by atomic mass is 32.1. The Morgan fingerprint density at radius 3 is 2.50 bits per heavy atom. The second kappa shape index (κ2) is 5.16. The molecule has 0 radical (unpaired) electrons. The third kappa shape index (κ3) is 2.66. The van der Waals surface area contributed by atoms with Crippen molar-refractivity contribution in [3.8, 4) is 9.75 Å².